The van der Waals surface area contributed by atoms with E-state index in [0.717, 1.165) is 45.8 Å². The Morgan fingerprint density at radius 1 is 0.650 bits per heavy atom. The van der Waals surface area contributed by atoms with Gasteiger partial charge in [0.2, 0.25) is 0 Å². The summed E-state index contributed by atoms with van der Waals surface area (Å²) in [7, 11) is 0. The fraction of sp³-hybridized carbons (Fsp3) is 1.00. The van der Waals surface area contributed by atoms with Gasteiger partial charge in [0.1, 0.15) is 0 Å². The second kappa shape index (κ2) is 13.7. The van der Waals surface area contributed by atoms with Crippen molar-refractivity contribution in [3.63, 3.8) is 0 Å². The Morgan fingerprint density at radius 2 is 1.10 bits per heavy atom. The number of nitrogens with zero attached hydrogens (tertiary/aromatic N) is 1. The second-order valence-electron chi connectivity index (χ2n) is 5.27. The lowest BCUT2D eigenvalue weighted by Crippen LogP contribution is -2.37. The summed E-state index contributed by atoms with van der Waals surface area (Å²) in [4.78, 5) is 2.54. The molecule has 20 heavy (non-hydrogen) atoms. The van der Waals surface area contributed by atoms with Gasteiger partial charge in [-0.1, -0.05) is 0 Å². The molecule has 0 aliphatic carbocycles. The van der Waals surface area contributed by atoms with E-state index in [1.54, 1.807) is 0 Å². The van der Waals surface area contributed by atoms with Crippen LogP contribution in [0.15, 0.2) is 0 Å². The fourth-order valence-corrected chi connectivity index (χ4v) is 2.35. The van der Waals surface area contributed by atoms with Gasteiger partial charge in [0, 0.05) is 58.9 Å². The van der Waals surface area contributed by atoms with Crippen molar-refractivity contribution >= 4 is 0 Å². The van der Waals surface area contributed by atoms with Crippen LogP contribution in [0.5, 0.6) is 0 Å². The number of hydrogen-bond acceptors (Lipinski definition) is 6. The average molecular weight is 287 g/mol. The molecular weight excluding hydrogens is 254 g/mol. The molecule has 0 radical (unpaired) electrons. The van der Waals surface area contributed by atoms with E-state index in [1.807, 2.05) is 0 Å². The van der Waals surface area contributed by atoms with Crippen LogP contribution in [0.3, 0.4) is 0 Å². The van der Waals surface area contributed by atoms with Crippen molar-refractivity contribution in [3.05, 3.63) is 0 Å². The minimum atomic E-state index is 0.215. The minimum absolute atomic E-state index is 0.215. The molecular formula is C14H33N5O. The monoisotopic (exact) mass is 287 g/mol. The third kappa shape index (κ3) is 10.5. The van der Waals surface area contributed by atoms with Crippen LogP contribution in [-0.4, -0.2) is 88.6 Å². The number of rotatable bonds is 14. The van der Waals surface area contributed by atoms with Gasteiger partial charge >= 0.3 is 0 Å². The van der Waals surface area contributed by atoms with Crippen LogP contribution in [0.2, 0.25) is 0 Å². The molecule has 1 heterocycles. The Balaban J connectivity index is 1.66. The SMILES string of the molecule is OCCNCCNCCNCCNCCN1CCCC1. The number of aliphatic hydroxyl groups is 1. The summed E-state index contributed by atoms with van der Waals surface area (Å²) >= 11 is 0. The zero-order chi connectivity index (χ0) is 14.3. The summed E-state index contributed by atoms with van der Waals surface area (Å²) in [5, 5.41) is 22.0. The second-order valence-corrected chi connectivity index (χ2v) is 5.27. The zero-order valence-corrected chi connectivity index (χ0v) is 12.8. The van der Waals surface area contributed by atoms with Gasteiger partial charge in [0.05, 0.1) is 6.61 Å². The van der Waals surface area contributed by atoms with E-state index >= 15 is 0 Å². The van der Waals surface area contributed by atoms with Gasteiger partial charge in [-0.15, -0.1) is 0 Å². The highest BCUT2D eigenvalue weighted by Crippen LogP contribution is 2.05. The van der Waals surface area contributed by atoms with Crippen LogP contribution in [0, 0.1) is 0 Å². The van der Waals surface area contributed by atoms with Gasteiger partial charge < -0.3 is 31.3 Å². The van der Waals surface area contributed by atoms with Crippen molar-refractivity contribution in [2.45, 2.75) is 12.8 Å². The van der Waals surface area contributed by atoms with Crippen molar-refractivity contribution in [1.29, 1.82) is 0 Å². The summed E-state index contributed by atoms with van der Waals surface area (Å²) in [6.45, 7) is 11.7. The van der Waals surface area contributed by atoms with Crippen LogP contribution in [0.25, 0.3) is 0 Å². The van der Waals surface area contributed by atoms with Gasteiger partial charge in [-0.25, -0.2) is 0 Å². The molecule has 0 aromatic rings. The van der Waals surface area contributed by atoms with Crippen molar-refractivity contribution < 1.29 is 5.11 Å². The lowest BCUT2D eigenvalue weighted by atomic mass is 10.4. The van der Waals surface area contributed by atoms with E-state index in [0.29, 0.717) is 6.54 Å². The normalized spacial score (nSPS) is 16.1. The van der Waals surface area contributed by atoms with Crippen molar-refractivity contribution in [2.75, 3.05) is 78.6 Å². The van der Waals surface area contributed by atoms with E-state index in [9.17, 15) is 0 Å². The van der Waals surface area contributed by atoms with E-state index in [-0.39, 0.29) is 6.61 Å². The smallest absolute Gasteiger partial charge is 0.0555 e. The highest BCUT2D eigenvalue weighted by Gasteiger charge is 2.09. The first kappa shape index (κ1) is 17.8. The standard InChI is InChI=1S/C14H33N5O/c20-14-10-18-8-6-16-4-3-15-5-7-17-9-13-19-11-1-2-12-19/h15-18,20H,1-14H2. The lowest BCUT2D eigenvalue weighted by Gasteiger charge is -2.14. The largest absolute Gasteiger partial charge is 0.395 e. The maximum absolute atomic E-state index is 8.59. The van der Waals surface area contributed by atoms with Crippen LogP contribution in [0.1, 0.15) is 12.8 Å². The Labute approximate surface area is 123 Å². The topological polar surface area (TPSA) is 71.6 Å². The van der Waals surface area contributed by atoms with E-state index in [2.05, 4.69) is 26.2 Å². The Morgan fingerprint density at radius 3 is 1.60 bits per heavy atom. The molecule has 0 spiro atoms. The maximum Gasteiger partial charge on any atom is 0.0555 e. The molecule has 120 valence electrons. The molecule has 1 fully saturated rings. The van der Waals surface area contributed by atoms with Gasteiger partial charge in [0.15, 0.2) is 0 Å². The molecule has 0 bridgehead atoms. The average Bonchev–Trinajstić information content (AvgIpc) is 2.97. The zero-order valence-electron chi connectivity index (χ0n) is 12.8. The van der Waals surface area contributed by atoms with Gasteiger partial charge in [-0.05, 0) is 25.9 Å². The first-order valence-corrected chi connectivity index (χ1v) is 8.09. The van der Waals surface area contributed by atoms with Crippen LogP contribution >= 0.6 is 0 Å². The summed E-state index contributed by atoms with van der Waals surface area (Å²) < 4.78 is 0. The summed E-state index contributed by atoms with van der Waals surface area (Å²) in [5.74, 6) is 0. The first-order valence-electron chi connectivity index (χ1n) is 8.09. The lowest BCUT2D eigenvalue weighted by molar-refractivity contribution is 0.292. The highest BCUT2D eigenvalue weighted by molar-refractivity contribution is 4.67. The first-order chi connectivity index (χ1) is 9.93. The van der Waals surface area contributed by atoms with Crippen molar-refractivity contribution in [1.82, 2.24) is 26.2 Å². The molecule has 0 atom stereocenters. The quantitative estimate of drug-likeness (QED) is 0.249. The van der Waals surface area contributed by atoms with Crippen LogP contribution in [-0.2, 0) is 0 Å². The third-order valence-corrected chi connectivity index (χ3v) is 3.53. The number of likely N-dealkylation sites (tertiary alicyclic amines) is 1. The Kier molecular flexibility index (Phi) is 12.2. The molecule has 5 N–H and O–H groups in total. The molecule has 1 saturated heterocycles. The van der Waals surface area contributed by atoms with Gasteiger partial charge in [0.25, 0.3) is 0 Å². The molecule has 0 amide bonds. The highest BCUT2D eigenvalue weighted by atomic mass is 16.3. The summed E-state index contributed by atoms with van der Waals surface area (Å²) in [5.41, 5.74) is 0. The van der Waals surface area contributed by atoms with E-state index in [4.69, 9.17) is 5.11 Å². The molecule has 1 aliphatic heterocycles. The molecule has 0 unspecified atom stereocenters. The molecule has 0 aromatic heterocycles. The van der Waals surface area contributed by atoms with Crippen LogP contribution < -0.4 is 21.3 Å². The third-order valence-electron chi connectivity index (χ3n) is 3.53. The van der Waals surface area contributed by atoms with Crippen LogP contribution in [0.4, 0.5) is 0 Å². The fourth-order valence-electron chi connectivity index (χ4n) is 2.35. The number of nitrogens with one attached hydrogen (secondary N) is 4. The molecule has 6 nitrogen and oxygen atoms in total. The molecule has 6 heteroatoms. The molecule has 1 aliphatic rings. The van der Waals surface area contributed by atoms with Gasteiger partial charge in [-0.3, -0.25) is 0 Å². The van der Waals surface area contributed by atoms with E-state index < -0.39 is 0 Å². The summed E-state index contributed by atoms with van der Waals surface area (Å²) in [6, 6.07) is 0. The maximum atomic E-state index is 8.59. The number of aliphatic hydroxyl groups excluding tert-OH is 1. The predicted octanol–water partition coefficient (Wildman–Crippen LogP) is -1.57. The van der Waals surface area contributed by atoms with Crippen molar-refractivity contribution in [2.24, 2.45) is 0 Å². The van der Waals surface area contributed by atoms with E-state index in [1.165, 1.54) is 32.5 Å². The molecule has 0 saturated carbocycles. The Bertz CT molecular complexity index is 200. The predicted molar refractivity (Wildman–Crippen MR) is 84.2 cm³/mol. The van der Waals surface area contributed by atoms with Crippen molar-refractivity contribution in [3.8, 4) is 0 Å². The molecule has 1 rings (SSSR count). The van der Waals surface area contributed by atoms with Gasteiger partial charge in [-0.2, -0.15) is 0 Å². The summed E-state index contributed by atoms with van der Waals surface area (Å²) in [6.07, 6.45) is 2.76. The molecule has 0 aromatic carbocycles. The Hall–Kier alpha value is -0.240. The number of hydrogen-bond donors (Lipinski definition) is 5. The minimum Gasteiger partial charge on any atom is -0.395 e.